The first-order valence-electron chi connectivity index (χ1n) is 9.25. The number of benzene rings is 2. The highest BCUT2D eigenvalue weighted by atomic mass is 79.9. The van der Waals surface area contributed by atoms with Gasteiger partial charge < -0.3 is 4.42 Å². The van der Waals surface area contributed by atoms with Crippen molar-refractivity contribution < 1.29 is 17.6 Å². The Labute approximate surface area is 180 Å². The summed E-state index contributed by atoms with van der Waals surface area (Å²) in [6.07, 6.45) is 4.22. The Morgan fingerprint density at radius 1 is 1.07 bits per heavy atom. The highest BCUT2D eigenvalue weighted by Crippen LogP contribution is 2.33. The molecule has 1 aliphatic carbocycles. The van der Waals surface area contributed by atoms with Crippen LogP contribution >= 0.6 is 27.3 Å². The molecule has 1 heterocycles. The van der Waals surface area contributed by atoms with Crippen LogP contribution in [0.5, 0.6) is 0 Å². The van der Waals surface area contributed by atoms with Crippen molar-refractivity contribution in [3.8, 4) is 0 Å². The number of fused-ring (bicyclic) bond motifs is 1. The molecule has 6 nitrogen and oxygen atoms in total. The molecule has 152 valence electrons. The van der Waals surface area contributed by atoms with Gasteiger partial charge in [-0.2, -0.15) is 0 Å². The molecule has 1 fully saturated rings. The minimum absolute atomic E-state index is 0.0327. The van der Waals surface area contributed by atoms with Crippen molar-refractivity contribution in [3.63, 3.8) is 0 Å². The first-order chi connectivity index (χ1) is 13.9. The summed E-state index contributed by atoms with van der Waals surface area (Å²) in [5.41, 5.74) is 0.586. The number of rotatable bonds is 4. The molecule has 0 atom stereocenters. The molecule has 1 aromatic heterocycles. The van der Waals surface area contributed by atoms with E-state index in [1.165, 1.54) is 30.3 Å². The lowest BCUT2D eigenvalue weighted by Crippen LogP contribution is -2.41. The SMILES string of the molecule is O=C(C1CCCCC1)N(c1ccc2oc(=O)sc2c1)S(=O)(=O)c1ccc(Br)cc1. The fourth-order valence-electron chi connectivity index (χ4n) is 3.60. The standard InChI is InChI=1S/C20H18BrNO5S2/c21-14-6-9-16(10-7-14)29(25,26)22(19(23)13-4-2-1-3-5-13)15-8-11-17-18(12-15)28-20(24)27-17/h6-13H,1-5H2. The molecule has 3 aromatic rings. The molecule has 0 unspecified atom stereocenters. The third-order valence-electron chi connectivity index (χ3n) is 5.05. The maximum absolute atomic E-state index is 13.5. The van der Waals surface area contributed by atoms with Crippen LogP contribution in [0.15, 0.2) is 61.0 Å². The van der Waals surface area contributed by atoms with Gasteiger partial charge in [0.15, 0.2) is 0 Å². The fourth-order valence-corrected chi connectivity index (χ4v) is 6.03. The number of halogens is 1. The lowest BCUT2D eigenvalue weighted by atomic mass is 9.88. The number of sulfonamides is 1. The summed E-state index contributed by atoms with van der Waals surface area (Å²) in [6.45, 7) is 0. The van der Waals surface area contributed by atoms with Crippen molar-refractivity contribution in [1.29, 1.82) is 0 Å². The van der Waals surface area contributed by atoms with Gasteiger partial charge in [-0.05, 0) is 55.3 Å². The van der Waals surface area contributed by atoms with E-state index in [1.807, 2.05) is 0 Å². The van der Waals surface area contributed by atoms with Crippen LogP contribution in [0.3, 0.4) is 0 Å². The van der Waals surface area contributed by atoms with Crippen molar-refractivity contribution >= 4 is 59.2 Å². The number of amides is 1. The first kappa shape index (κ1) is 20.3. The van der Waals surface area contributed by atoms with E-state index in [2.05, 4.69) is 15.9 Å². The van der Waals surface area contributed by atoms with Gasteiger partial charge in [0, 0.05) is 10.4 Å². The van der Waals surface area contributed by atoms with Crippen LogP contribution in [0.1, 0.15) is 32.1 Å². The monoisotopic (exact) mass is 495 g/mol. The largest absolute Gasteiger partial charge is 0.414 e. The molecule has 2 aromatic carbocycles. The van der Waals surface area contributed by atoms with E-state index < -0.39 is 20.9 Å². The molecule has 4 rings (SSSR count). The Hall–Kier alpha value is -1.97. The van der Waals surface area contributed by atoms with Gasteiger partial charge in [0.2, 0.25) is 5.91 Å². The second-order valence-corrected chi connectivity index (χ2v) is 10.7. The number of anilines is 1. The van der Waals surface area contributed by atoms with Crippen molar-refractivity contribution in [1.82, 2.24) is 0 Å². The fraction of sp³-hybridized carbons (Fsp3) is 0.300. The average molecular weight is 496 g/mol. The van der Waals surface area contributed by atoms with E-state index in [-0.39, 0.29) is 16.5 Å². The van der Waals surface area contributed by atoms with Gasteiger partial charge >= 0.3 is 4.94 Å². The van der Waals surface area contributed by atoms with E-state index in [9.17, 15) is 18.0 Å². The van der Waals surface area contributed by atoms with Gasteiger partial charge in [0.25, 0.3) is 10.0 Å². The van der Waals surface area contributed by atoms with Crippen molar-refractivity contribution in [3.05, 3.63) is 56.7 Å². The van der Waals surface area contributed by atoms with Crippen molar-refractivity contribution in [2.45, 2.75) is 37.0 Å². The molecule has 0 bridgehead atoms. The van der Waals surface area contributed by atoms with Crippen LogP contribution in [-0.4, -0.2) is 14.3 Å². The second kappa shape index (κ2) is 8.04. The molecule has 0 radical (unpaired) electrons. The predicted molar refractivity (Wildman–Crippen MR) is 116 cm³/mol. The third-order valence-corrected chi connectivity index (χ3v) is 8.11. The summed E-state index contributed by atoms with van der Waals surface area (Å²) in [5, 5.41) is 0. The lowest BCUT2D eigenvalue weighted by Gasteiger charge is -2.29. The Kier molecular flexibility index (Phi) is 5.63. The second-order valence-electron chi connectivity index (χ2n) is 6.98. The molecule has 29 heavy (non-hydrogen) atoms. The highest BCUT2D eigenvalue weighted by molar-refractivity contribution is 9.10. The number of carbonyl (C=O) groups excluding carboxylic acids is 1. The molecule has 1 aliphatic rings. The zero-order valence-corrected chi connectivity index (χ0v) is 18.6. The van der Waals surface area contributed by atoms with Crippen LogP contribution in [0.2, 0.25) is 0 Å². The molecule has 0 spiro atoms. The average Bonchev–Trinajstić information content (AvgIpc) is 3.08. The zero-order valence-electron chi connectivity index (χ0n) is 15.3. The van der Waals surface area contributed by atoms with Crippen LogP contribution in [0, 0.1) is 5.92 Å². The topological polar surface area (TPSA) is 84.7 Å². The Bertz CT molecular complexity index is 1210. The molecule has 1 amide bonds. The summed E-state index contributed by atoms with van der Waals surface area (Å²) in [7, 11) is -4.12. The Balaban J connectivity index is 1.84. The van der Waals surface area contributed by atoms with Crippen LogP contribution in [0.4, 0.5) is 5.69 Å². The van der Waals surface area contributed by atoms with Gasteiger partial charge in [0.1, 0.15) is 5.58 Å². The molecule has 0 aliphatic heterocycles. The van der Waals surface area contributed by atoms with E-state index in [4.69, 9.17) is 4.42 Å². The quantitative estimate of drug-likeness (QED) is 0.512. The maximum atomic E-state index is 13.5. The highest BCUT2D eigenvalue weighted by Gasteiger charge is 2.36. The molecule has 1 saturated carbocycles. The number of nitrogens with zero attached hydrogens (tertiary/aromatic N) is 1. The van der Waals surface area contributed by atoms with Gasteiger partial charge in [-0.1, -0.05) is 46.5 Å². The summed E-state index contributed by atoms with van der Waals surface area (Å²) >= 11 is 4.18. The zero-order chi connectivity index (χ0) is 20.6. The summed E-state index contributed by atoms with van der Waals surface area (Å²) in [4.78, 5) is 24.5. The third kappa shape index (κ3) is 4.04. The predicted octanol–water partition coefficient (Wildman–Crippen LogP) is 4.92. The molecule has 0 N–H and O–H groups in total. The van der Waals surface area contributed by atoms with Gasteiger partial charge in [-0.15, -0.1) is 0 Å². The smallest absolute Gasteiger partial charge is 0.396 e. The number of hydrogen-bond acceptors (Lipinski definition) is 6. The summed E-state index contributed by atoms with van der Waals surface area (Å²) < 4.78 is 34.2. The minimum atomic E-state index is -4.12. The Morgan fingerprint density at radius 2 is 1.76 bits per heavy atom. The maximum Gasteiger partial charge on any atom is 0.396 e. The van der Waals surface area contributed by atoms with E-state index in [1.54, 1.807) is 12.1 Å². The molecule has 9 heteroatoms. The van der Waals surface area contributed by atoms with Gasteiger partial charge in [0.05, 0.1) is 15.3 Å². The molecular formula is C20H18BrNO5S2. The van der Waals surface area contributed by atoms with E-state index >= 15 is 0 Å². The summed E-state index contributed by atoms with van der Waals surface area (Å²) in [6, 6.07) is 10.8. The van der Waals surface area contributed by atoms with E-state index in [0.717, 1.165) is 39.4 Å². The van der Waals surface area contributed by atoms with Crippen LogP contribution < -0.4 is 9.24 Å². The Morgan fingerprint density at radius 3 is 2.45 bits per heavy atom. The van der Waals surface area contributed by atoms with Gasteiger partial charge in [-0.25, -0.2) is 17.5 Å². The van der Waals surface area contributed by atoms with Crippen LogP contribution in [-0.2, 0) is 14.8 Å². The molecule has 0 saturated heterocycles. The minimum Gasteiger partial charge on any atom is -0.414 e. The normalized spacial score (nSPS) is 15.5. The summed E-state index contributed by atoms with van der Waals surface area (Å²) in [5.74, 6) is -0.768. The van der Waals surface area contributed by atoms with Gasteiger partial charge in [-0.3, -0.25) is 4.79 Å². The van der Waals surface area contributed by atoms with Crippen molar-refractivity contribution in [2.75, 3.05) is 4.31 Å². The number of hydrogen-bond donors (Lipinski definition) is 0. The van der Waals surface area contributed by atoms with E-state index in [0.29, 0.717) is 23.1 Å². The molecular weight excluding hydrogens is 478 g/mol. The number of carbonyl (C=O) groups is 1. The van der Waals surface area contributed by atoms with Crippen LogP contribution in [0.25, 0.3) is 10.3 Å². The lowest BCUT2D eigenvalue weighted by molar-refractivity contribution is -0.122. The van der Waals surface area contributed by atoms with Crippen molar-refractivity contribution in [2.24, 2.45) is 5.92 Å². The first-order valence-corrected chi connectivity index (χ1v) is 12.3.